The maximum absolute atomic E-state index is 13.0. The molecule has 1 saturated heterocycles. The topological polar surface area (TPSA) is 63.6 Å². The number of anilines is 1. The Labute approximate surface area is 157 Å². The SMILES string of the molecule is CCOc1cccc(N2C(=O)/C(=C/c3ccc(C)n3C)C(=O)NC2=S)c1. The first kappa shape index (κ1) is 17.9. The Morgan fingerprint density at radius 1 is 1.23 bits per heavy atom. The number of ether oxygens (including phenoxy) is 1. The molecule has 2 amide bonds. The van der Waals surface area contributed by atoms with Crippen LogP contribution in [-0.2, 0) is 16.6 Å². The van der Waals surface area contributed by atoms with Crippen molar-refractivity contribution < 1.29 is 14.3 Å². The van der Waals surface area contributed by atoms with Gasteiger partial charge in [0.1, 0.15) is 11.3 Å². The standard InChI is InChI=1S/C19H19N3O3S/c1-4-25-15-7-5-6-14(10-15)22-18(24)16(17(23)20-19(22)26)11-13-9-8-12(2)21(13)3/h5-11H,4H2,1-3H3,(H,20,23,26)/b16-11+. The molecule has 134 valence electrons. The van der Waals surface area contributed by atoms with Crippen LogP contribution in [0.5, 0.6) is 5.75 Å². The van der Waals surface area contributed by atoms with Gasteiger partial charge in [0.15, 0.2) is 5.11 Å². The average Bonchev–Trinajstić information content (AvgIpc) is 2.91. The molecule has 0 spiro atoms. The molecule has 0 saturated carbocycles. The number of nitrogens with zero attached hydrogens (tertiary/aromatic N) is 2. The zero-order valence-electron chi connectivity index (χ0n) is 14.8. The first-order valence-electron chi connectivity index (χ1n) is 8.19. The van der Waals surface area contributed by atoms with E-state index in [2.05, 4.69) is 5.32 Å². The average molecular weight is 369 g/mol. The van der Waals surface area contributed by atoms with E-state index in [9.17, 15) is 9.59 Å². The van der Waals surface area contributed by atoms with Gasteiger partial charge in [0, 0.05) is 24.5 Å². The van der Waals surface area contributed by atoms with Crippen LogP contribution in [-0.4, -0.2) is 28.1 Å². The number of thiocarbonyl (C=S) groups is 1. The normalized spacial score (nSPS) is 16.2. The molecule has 6 nitrogen and oxygen atoms in total. The number of carbonyl (C=O) groups is 2. The van der Waals surface area contributed by atoms with Crippen LogP contribution in [0.3, 0.4) is 0 Å². The molecule has 1 aromatic heterocycles. The van der Waals surface area contributed by atoms with E-state index in [1.165, 1.54) is 4.90 Å². The molecule has 0 bridgehead atoms. The van der Waals surface area contributed by atoms with E-state index in [0.717, 1.165) is 11.4 Å². The van der Waals surface area contributed by atoms with E-state index < -0.39 is 11.8 Å². The lowest BCUT2D eigenvalue weighted by molar-refractivity contribution is -0.122. The fraction of sp³-hybridized carbons (Fsp3) is 0.211. The van der Waals surface area contributed by atoms with Gasteiger partial charge in [-0.05, 0) is 56.4 Å². The summed E-state index contributed by atoms with van der Waals surface area (Å²) in [7, 11) is 1.88. The van der Waals surface area contributed by atoms with E-state index in [0.29, 0.717) is 18.0 Å². The highest BCUT2D eigenvalue weighted by molar-refractivity contribution is 7.80. The quantitative estimate of drug-likeness (QED) is 0.511. The monoisotopic (exact) mass is 369 g/mol. The predicted molar refractivity (Wildman–Crippen MR) is 104 cm³/mol. The van der Waals surface area contributed by atoms with Crippen molar-refractivity contribution in [3.05, 3.63) is 53.4 Å². The van der Waals surface area contributed by atoms with E-state index in [4.69, 9.17) is 17.0 Å². The molecule has 1 N–H and O–H groups in total. The molecule has 26 heavy (non-hydrogen) atoms. The van der Waals surface area contributed by atoms with Crippen molar-refractivity contribution in [2.45, 2.75) is 13.8 Å². The molecule has 2 heterocycles. The van der Waals surface area contributed by atoms with Gasteiger partial charge >= 0.3 is 0 Å². The van der Waals surface area contributed by atoms with Crippen molar-refractivity contribution in [3.63, 3.8) is 0 Å². The molecule has 1 aliphatic rings. The summed E-state index contributed by atoms with van der Waals surface area (Å²) < 4.78 is 7.39. The van der Waals surface area contributed by atoms with Crippen molar-refractivity contribution in [3.8, 4) is 5.75 Å². The van der Waals surface area contributed by atoms with Gasteiger partial charge in [0.05, 0.1) is 12.3 Å². The minimum Gasteiger partial charge on any atom is -0.494 e. The minimum absolute atomic E-state index is 0.0293. The van der Waals surface area contributed by atoms with Crippen molar-refractivity contribution in [1.82, 2.24) is 9.88 Å². The summed E-state index contributed by atoms with van der Waals surface area (Å²) >= 11 is 5.22. The lowest BCUT2D eigenvalue weighted by Gasteiger charge is -2.29. The zero-order chi connectivity index (χ0) is 18.8. The van der Waals surface area contributed by atoms with Crippen LogP contribution in [0.1, 0.15) is 18.3 Å². The Balaban J connectivity index is 2.01. The molecule has 1 fully saturated rings. The molecular weight excluding hydrogens is 350 g/mol. The van der Waals surface area contributed by atoms with Gasteiger partial charge in [0.25, 0.3) is 11.8 Å². The van der Waals surface area contributed by atoms with Crippen LogP contribution in [0.4, 0.5) is 5.69 Å². The first-order valence-corrected chi connectivity index (χ1v) is 8.60. The second-order valence-electron chi connectivity index (χ2n) is 5.85. The fourth-order valence-corrected chi connectivity index (χ4v) is 2.98. The highest BCUT2D eigenvalue weighted by atomic mass is 32.1. The van der Waals surface area contributed by atoms with Crippen molar-refractivity contribution >= 4 is 40.9 Å². The van der Waals surface area contributed by atoms with Crippen LogP contribution in [0, 0.1) is 6.92 Å². The molecule has 7 heteroatoms. The molecule has 2 aromatic rings. The summed E-state index contributed by atoms with van der Waals surface area (Å²) in [5.41, 5.74) is 2.36. The largest absolute Gasteiger partial charge is 0.494 e. The highest BCUT2D eigenvalue weighted by Gasteiger charge is 2.34. The Morgan fingerprint density at radius 3 is 2.65 bits per heavy atom. The van der Waals surface area contributed by atoms with Gasteiger partial charge in [-0.2, -0.15) is 0 Å². The van der Waals surface area contributed by atoms with E-state index >= 15 is 0 Å². The van der Waals surface area contributed by atoms with E-state index in [-0.39, 0.29) is 10.7 Å². The number of hydrogen-bond donors (Lipinski definition) is 1. The lowest BCUT2D eigenvalue weighted by Crippen LogP contribution is -2.54. The first-order chi connectivity index (χ1) is 12.4. The number of benzene rings is 1. The number of hydrogen-bond acceptors (Lipinski definition) is 4. The summed E-state index contributed by atoms with van der Waals surface area (Å²) in [6.45, 7) is 4.34. The third kappa shape index (κ3) is 3.25. The Hall–Kier alpha value is -2.93. The van der Waals surface area contributed by atoms with Crippen LogP contribution in [0.25, 0.3) is 6.08 Å². The molecule has 1 aliphatic heterocycles. The van der Waals surface area contributed by atoms with Gasteiger partial charge in [0.2, 0.25) is 0 Å². The van der Waals surface area contributed by atoms with Gasteiger partial charge in [-0.1, -0.05) is 6.07 Å². The maximum Gasteiger partial charge on any atom is 0.270 e. The molecule has 0 radical (unpaired) electrons. The van der Waals surface area contributed by atoms with Crippen LogP contribution in [0.2, 0.25) is 0 Å². The second kappa shape index (κ2) is 7.13. The number of carbonyl (C=O) groups excluding carboxylic acids is 2. The molecule has 1 aromatic carbocycles. The van der Waals surface area contributed by atoms with Gasteiger partial charge in [-0.25, -0.2) is 0 Å². The van der Waals surface area contributed by atoms with Gasteiger partial charge < -0.3 is 9.30 Å². The Bertz CT molecular complexity index is 930. The smallest absolute Gasteiger partial charge is 0.270 e. The highest BCUT2D eigenvalue weighted by Crippen LogP contribution is 2.26. The third-order valence-electron chi connectivity index (χ3n) is 4.19. The number of aryl methyl sites for hydroxylation is 1. The number of rotatable bonds is 4. The van der Waals surface area contributed by atoms with E-state index in [1.807, 2.05) is 37.6 Å². The maximum atomic E-state index is 13.0. The molecule has 0 atom stereocenters. The van der Waals surface area contributed by atoms with E-state index in [1.54, 1.807) is 30.3 Å². The zero-order valence-corrected chi connectivity index (χ0v) is 15.6. The molecule has 0 aliphatic carbocycles. The van der Waals surface area contributed by atoms with Crippen LogP contribution in [0.15, 0.2) is 42.0 Å². The second-order valence-corrected chi connectivity index (χ2v) is 6.23. The molecule has 3 rings (SSSR count). The van der Waals surface area contributed by atoms with Crippen molar-refractivity contribution in [2.24, 2.45) is 7.05 Å². The van der Waals surface area contributed by atoms with Crippen molar-refractivity contribution in [1.29, 1.82) is 0 Å². The van der Waals surface area contributed by atoms with Gasteiger partial charge in [-0.15, -0.1) is 0 Å². The molecule has 0 unspecified atom stereocenters. The van der Waals surface area contributed by atoms with Gasteiger partial charge in [-0.3, -0.25) is 19.8 Å². The summed E-state index contributed by atoms with van der Waals surface area (Å²) in [6, 6.07) is 10.8. The number of aromatic nitrogens is 1. The Kier molecular flexibility index (Phi) is 4.90. The summed E-state index contributed by atoms with van der Waals surface area (Å²) in [5.74, 6) is -0.344. The molecular formula is C19H19N3O3S. The summed E-state index contributed by atoms with van der Waals surface area (Å²) in [6.07, 6.45) is 1.58. The predicted octanol–water partition coefficient (Wildman–Crippen LogP) is 2.56. The fourth-order valence-electron chi connectivity index (χ4n) is 2.70. The lowest BCUT2D eigenvalue weighted by atomic mass is 10.1. The number of amides is 2. The van der Waals surface area contributed by atoms with Crippen LogP contribution >= 0.6 is 12.2 Å². The summed E-state index contributed by atoms with van der Waals surface area (Å²) in [5, 5.41) is 2.64. The number of nitrogens with one attached hydrogen (secondary N) is 1. The summed E-state index contributed by atoms with van der Waals surface area (Å²) in [4.78, 5) is 26.6. The van der Waals surface area contributed by atoms with Crippen molar-refractivity contribution in [2.75, 3.05) is 11.5 Å². The minimum atomic E-state index is -0.504. The third-order valence-corrected chi connectivity index (χ3v) is 4.48. The Morgan fingerprint density at radius 2 is 2.00 bits per heavy atom. The van der Waals surface area contributed by atoms with Crippen LogP contribution < -0.4 is 15.0 Å².